The zero-order chi connectivity index (χ0) is 10.5. The highest BCUT2D eigenvalue weighted by Crippen LogP contribution is 2.11. The van der Waals surface area contributed by atoms with Crippen LogP contribution in [0.1, 0.15) is 16.1 Å². The Balaban J connectivity index is 1.67. The first-order chi connectivity index (χ1) is 7.36. The minimum absolute atomic E-state index is 0.0935. The van der Waals surface area contributed by atoms with E-state index in [0.29, 0.717) is 12.5 Å². The topological polar surface area (TPSA) is 38.3 Å². The number of Topliss-reactive ketones (excluding diaryl/α,β-unsaturated/α-hetero) is 1. The first kappa shape index (κ1) is 10.8. The Morgan fingerprint density at radius 1 is 1.67 bits per heavy atom. The lowest BCUT2D eigenvalue weighted by Gasteiger charge is -2.07. The average molecular weight is 225 g/mol. The van der Waals surface area contributed by atoms with Gasteiger partial charge in [-0.25, -0.2) is 0 Å². The molecule has 82 valence electrons. The Bertz CT molecular complexity index is 304. The molecule has 3 nitrogen and oxygen atoms in total. The van der Waals surface area contributed by atoms with E-state index in [9.17, 15) is 4.79 Å². The number of thiophene rings is 1. The summed E-state index contributed by atoms with van der Waals surface area (Å²) in [6, 6.07) is 3.73. The molecule has 0 radical (unpaired) electrons. The molecule has 1 atom stereocenters. The predicted octanol–water partition coefficient (Wildman–Crippen LogP) is 1.56. The van der Waals surface area contributed by atoms with E-state index in [1.165, 1.54) is 11.3 Å². The molecule has 0 amide bonds. The second-order valence-corrected chi connectivity index (χ2v) is 4.72. The van der Waals surface area contributed by atoms with Gasteiger partial charge < -0.3 is 10.1 Å². The van der Waals surface area contributed by atoms with Crippen LogP contribution in [0.2, 0.25) is 0 Å². The van der Waals surface area contributed by atoms with Crippen LogP contribution in [-0.2, 0) is 4.74 Å². The van der Waals surface area contributed by atoms with Crippen LogP contribution in [-0.4, -0.2) is 32.1 Å². The van der Waals surface area contributed by atoms with Crippen LogP contribution >= 0.6 is 11.3 Å². The third-order valence-corrected chi connectivity index (χ3v) is 3.46. The standard InChI is InChI=1S/C11H15NO2S/c13-10(11-2-1-5-15-11)8-14-7-9-3-4-12-6-9/h1-2,5,9,12H,3-4,6-8H2. The molecule has 0 spiro atoms. The number of nitrogens with one attached hydrogen (secondary N) is 1. The molecule has 1 N–H and O–H groups in total. The number of carbonyl (C=O) groups is 1. The highest BCUT2D eigenvalue weighted by atomic mass is 32.1. The average Bonchev–Trinajstić information content (AvgIpc) is 2.90. The zero-order valence-corrected chi connectivity index (χ0v) is 9.39. The highest BCUT2D eigenvalue weighted by Gasteiger charge is 2.15. The summed E-state index contributed by atoms with van der Waals surface area (Å²) in [5.41, 5.74) is 0. The molecule has 0 aliphatic carbocycles. The smallest absolute Gasteiger partial charge is 0.198 e. The highest BCUT2D eigenvalue weighted by molar-refractivity contribution is 7.12. The number of hydrogen-bond donors (Lipinski definition) is 1. The quantitative estimate of drug-likeness (QED) is 0.773. The molecule has 2 heterocycles. The molecule has 1 aliphatic heterocycles. The Morgan fingerprint density at radius 3 is 3.27 bits per heavy atom. The Morgan fingerprint density at radius 2 is 2.60 bits per heavy atom. The maximum atomic E-state index is 11.5. The van der Waals surface area contributed by atoms with E-state index in [2.05, 4.69) is 5.32 Å². The van der Waals surface area contributed by atoms with Crippen LogP contribution in [0.5, 0.6) is 0 Å². The van der Waals surface area contributed by atoms with Gasteiger partial charge in [0.15, 0.2) is 5.78 Å². The molecule has 1 fully saturated rings. The van der Waals surface area contributed by atoms with Gasteiger partial charge in [-0.05, 0) is 30.3 Å². The van der Waals surface area contributed by atoms with Crippen molar-refractivity contribution in [3.05, 3.63) is 22.4 Å². The third-order valence-electron chi connectivity index (χ3n) is 2.55. The number of hydrogen-bond acceptors (Lipinski definition) is 4. The number of ether oxygens (including phenoxy) is 1. The largest absolute Gasteiger partial charge is 0.373 e. The first-order valence-corrected chi connectivity index (χ1v) is 6.09. The summed E-state index contributed by atoms with van der Waals surface area (Å²) in [6.07, 6.45) is 1.16. The molecular formula is C11H15NO2S. The van der Waals surface area contributed by atoms with Gasteiger partial charge in [0.25, 0.3) is 0 Å². The van der Waals surface area contributed by atoms with E-state index in [1.807, 2.05) is 17.5 Å². The van der Waals surface area contributed by atoms with E-state index in [1.54, 1.807) is 0 Å². The Hall–Kier alpha value is -0.710. The van der Waals surface area contributed by atoms with Crippen molar-refractivity contribution >= 4 is 17.1 Å². The van der Waals surface area contributed by atoms with Crippen molar-refractivity contribution in [2.24, 2.45) is 5.92 Å². The van der Waals surface area contributed by atoms with Crippen molar-refractivity contribution in [3.8, 4) is 0 Å². The molecule has 1 aromatic rings. The minimum atomic E-state index is 0.0935. The fraction of sp³-hybridized carbons (Fsp3) is 0.545. The third kappa shape index (κ3) is 3.12. The summed E-state index contributed by atoms with van der Waals surface area (Å²) < 4.78 is 5.42. The maximum Gasteiger partial charge on any atom is 0.198 e. The number of rotatable bonds is 5. The van der Waals surface area contributed by atoms with Crippen LogP contribution < -0.4 is 5.32 Å². The molecule has 1 aliphatic rings. The van der Waals surface area contributed by atoms with Crippen LogP contribution in [0.25, 0.3) is 0 Å². The van der Waals surface area contributed by atoms with Gasteiger partial charge in [0.1, 0.15) is 6.61 Å². The normalized spacial score (nSPS) is 20.7. The number of carbonyl (C=O) groups excluding carboxylic acids is 1. The van der Waals surface area contributed by atoms with Gasteiger partial charge >= 0.3 is 0 Å². The van der Waals surface area contributed by atoms with Crippen LogP contribution in [0, 0.1) is 5.92 Å². The van der Waals surface area contributed by atoms with Crippen molar-refractivity contribution in [2.75, 3.05) is 26.3 Å². The van der Waals surface area contributed by atoms with Gasteiger partial charge in [-0.15, -0.1) is 11.3 Å². The minimum Gasteiger partial charge on any atom is -0.373 e. The van der Waals surface area contributed by atoms with Gasteiger partial charge in [0, 0.05) is 6.54 Å². The summed E-state index contributed by atoms with van der Waals surface area (Å²) in [6.45, 7) is 3.02. The van der Waals surface area contributed by atoms with Crippen LogP contribution in [0.4, 0.5) is 0 Å². The Labute approximate surface area is 93.4 Å². The van der Waals surface area contributed by atoms with Crippen molar-refractivity contribution in [1.29, 1.82) is 0 Å². The molecule has 4 heteroatoms. The fourth-order valence-corrected chi connectivity index (χ4v) is 2.33. The Kier molecular flexibility index (Phi) is 3.88. The second kappa shape index (κ2) is 5.39. The molecule has 1 saturated heterocycles. The first-order valence-electron chi connectivity index (χ1n) is 5.21. The van der Waals surface area contributed by atoms with Crippen LogP contribution in [0.15, 0.2) is 17.5 Å². The summed E-state index contributed by atoms with van der Waals surface area (Å²) in [7, 11) is 0. The summed E-state index contributed by atoms with van der Waals surface area (Å²) in [4.78, 5) is 12.3. The van der Waals surface area contributed by atoms with E-state index >= 15 is 0 Å². The van der Waals surface area contributed by atoms with E-state index in [-0.39, 0.29) is 12.4 Å². The lowest BCUT2D eigenvalue weighted by atomic mass is 10.1. The molecule has 1 aromatic heterocycles. The van der Waals surface area contributed by atoms with Crippen molar-refractivity contribution < 1.29 is 9.53 Å². The molecule has 0 aromatic carbocycles. The van der Waals surface area contributed by atoms with Crippen molar-refractivity contribution in [3.63, 3.8) is 0 Å². The van der Waals surface area contributed by atoms with Gasteiger partial charge in [-0.3, -0.25) is 4.79 Å². The van der Waals surface area contributed by atoms with Gasteiger partial charge in [-0.1, -0.05) is 6.07 Å². The molecule has 15 heavy (non-hydrogen) atoms. The van der Waals surface area contributed by atoms with Gasteiger partial charge in [-0.2, -0.15) is 0 Å². The molecule has 0 bridgehead atoms. The fourth-order valence-electron chi connectivity index (χ4n) is 1.68. The summed E-state index contributed by atoms with van der Waals surface area (Å²) >= 11 is 1.47. The van der Waals surface area contributed by atoms with Gasteiger partial charge in [0.2, 0.25) is 0 Å². The molecular weight excluding hydrogens is 210 g/mol. The van der Waals surface area contributed by atoms with Crippen LogP contribution in [0.3, 0.4) is 0 Å². The van der Waals surface area contributed by atoms with E-state index in [0.717, 1.165) is 24.4 Å². The van der Waals surface area contributed by atoms with Gasteiger partial charge in [0.05, 0.1) is 11.5 Å². The van der Waals surface area contributed by atoms with E-state index < -0.39 is 0 Å². The van der Waals surface area contributed by atoms with Crippen molar-refractivity contribution in [1.82, 2.24) is 5.32 Å². The van der Waals surface area contributed by atoms with E-state index in [4.69, 9.17) is 4.74 Å². The molecule has 1 unspecified atom stereocenters. The molecule has 0 saturated carbocycles. The summed E-state index contributed by atoms with van der Waals surface area (Å²) in [5, 5.41) is 5.19. The zero-order valence-electron chi connectivity index (χ0n) is 8.57. The lowest BCUT2D eigenvalue weighted by molar-refractivity contribution is 0.0696. The number of ketones is 1. The molecule has 2 rings (SSSR count). The predicted molar refractivity (Wildman–Crippen MR) is 60.4 cm³/mol. The monoisotopic (exact) mass is 225 g/mol. The van der Waals surface area contributed by atoms with Crippen molar-refractivity contribution in [2.45, 2.75) is 6.42 Å². The SMILES string of the molecule is O=C(COCC1CCNC1)c1cccs1. The second-order valence-electron chi connectivity index (χ2n) is 3.77. The summed E-state index contributed by atoms with van der Waals surface area (Å²) in [5.74, 6) is 0.678. The maximum absolute atomic E-state index is 11.5. The lowest BCUT2D eigenvalue weighted by Crippen LogP contribution is -2.16.